The van der Waals surface area contributed by atoms with E-state index in [0.29, 0.717) is 36.2 Å². The number of hydrogen-bond donors (Lipinski definition) is 0. The van der Waals surface area contributed by atoms with Crippen LogP contribution in [0.4, 0.5) is 0 Å². The number of aromatic nitrogens is 1. The number of benzene rings is 1. The lowest BCUT2D eigenvalue weighted by molar-refractivity contribution is 0.181. The normalized spacial score (nSPS) is 16.6. The van der Waals surface area contributed by atoms with Crippen LogP contribution < -0.4 is 0 Å². The van der Waals surface area contributed by atoms with E-state index in [0.717, 1.165) is 34.4 Å². The van der Waals surface area contributed by atoms with E-state index in [1.807, 2.05) is 33.8 Å². The van der Waals surface area contributed by atoms with E-state index in [-0.39, 0.29) is 0 Å². The Hall–Kier alpha value is -1.47. The quantitative estimate of drug-likeness (QED) is 0.728. The van der Waals surface area contributed by atoms with Gasteiger partial charge in [-0.1, -0.05) is 23.7 Å². The predicted octanol–water partition coefficient (Wildman–Crippen LogP) is 3.48. The van der Waals surface area contributed by atoms with E-state index in [1.165, 1.54) is 0 Å². The molecular formula is C20H26ClN3O2S. The lowest BCUT2D eigenvalue weighted by atomic mass is 10.0. The molecule has 3 rings (SSSR count). The average Bonchev–Trinajstić information content (AvgIpc) is 2.62. The Bertz CT molecular complexity index is 908. The maximum Gasteiger partial charge on any atom is 0.243 e. The Kier molecular flexibility index (Phi) is 5.91. The Morgan fingerprint density at radius 1 is 1.00 bits per heavy atom. The van der Waals surface area contributed by atoms with E-state index in [9.17, 15) is 8.42 Å². The number of rotatable bonds is 4. The summed E-state index contributed by atoms with van der Waals surface area (Å²) in [6, 6.07) is 5.80. The van der Waals surface area contributed by atoms with Crippen molar-refractivity contribution in [1.82, 2.24) is 14.2 Å². The van der Waals surface area contributed by atoms with Gasteiger partial charge >= 0.3 is 0 Å². The molecular weight excluding hydrogens is 382 g/mol. The minimum absolute atomic E-state index is 0.480. The van der Waals surface area contributed by atoms with Gasteiger partial charge in [0.05, 0.1) is 4.90 Å². The molecule has 146 valence electrons. The SMILES string of the molecule is Cc1cc(C)c(C)c(S(=O)(=O)N2CCN(Cc3ccc(Cl)nc3)CC2)c1C. The third-order valence-corrected chi connectivity index (χ3v) is 7.82. The van der Waals surface area contributed by atoms with Gasteiger partial charge in [-0.3, -0.25) is 4.90 Å². The number of piperazine rings is 1. The van der Waals surface area contributed by atoms with Crippen LogP contribution in [0, 0.1) is 27.7 Å². The zero-order valence-electron chi connectivity index (χ0n) is 16.3. The van der Waals surface area contributed by atoms with Crippen molar-refractivity contribution in [3.8, 4) is 0 Å². The van der Waals surface area contributed by atoms with Gasteiger partial charge in [-0.25, -0.2) is 13.4 Å². The molecule has 0 N–H and O–H groups in total. The van der Waals surface area contributed by atoms with Crippen molar-refractivity contribution in [2.75, 3.05) is 26.2 Å². The highest BCUT2D eigenvalue weighted by molar-refractivity contribution is 7.89. The third-order valence-electron chi connectivity index (χ3n) is 5.42. The lowest BCUT2D eigenvalue weighted by Crippen LogP contribution is -2.48. The molecule has 2 aromatic rings. The second-order valence-electron chi connectivity index (χ2n) is 7.26. The van der Waals surface area contributed by atoms with Crippen LogP contribution in [0.2, 0.25) is 5.15 Å². The van der Waals surface area contributed by atoms with Gasteiger partial charge in [-0.2, -0.15) is 4.31 Å². The number of pyridine rings is 1. The maximum atomic E-state index is 13.3. The summed E-state index contributed by atoms with van der Waals surface area (Å²) in [6.45, 7) is 10.9. The molecule has 1 aliphatic rings. The molecule has 0 bridgehead atoms. The number of hydrogen-bond acceptors (Lipinski definition) is 4. The van der Waals surface area contributed by atoms with Crippen molar-refractivity contribution < 1.29 is 8.42 Å². The van der Waals surface area contributed by atoms with Crippen molar-refractivity contribution >= 4 is 21.6 Å². The van der Waals surface area contributed by atoms with E-state index in [4.69, 9.17) is 11.6 Å². The summed E-state index contributed by atoms with van der Waals surface area (Å²) in [4.78, 5) is 6.84. The van der Waals surface area contributed by atoms with E-state index in [1.54, 1.807) is 16.6 Å². The van der Waals surface area contributed by atoms with E-state index in [2.05, 4.69) is 16.0 Å². The minimum atomic E-state index is -3.49. The molecule has 0 amide bonds. The van der Waals surface area contributed by atoms with Gasteiger partial charge < -0.3 is 0 Å². The molecule has 0 unspecified atom stereocenters. The first-order chi connectivity index (χ1) is 12.7. The Morgan fingerprint density at radius 3 is 2.11 bits per heavy atom. The number of sulfonamides is 1. The molecule has 27 heavy (non-hydrogen) atoms. The summed E-state index contributed by atoms with van der Waals surface area (Å²) in [5, 5.41) is 0.480. The molecule has 0 radical (unpaired) electrons. The standard InChI is InChI=1S/C20H26ClN3O2S/c1-14-11-15(2)17(4)20(16(14)3)27(25,26)24-9-7-23(8-10-24)13-18-5-6-19(21)22-12-18/h5-6,11-12H,7-10,13H2,1-4H3. The Morgan fingerprint density at radius 2 is 1.59 bits per heavy atom. The van der Waals surface area contributed by atoms with Gasteiger partial charge in [-0.15, -0.1) is 0 Å². The molecule has 5 nitrogen and oxygen atoms in total. The minimum Gasteiger partial charge on any atom is -0.296 e. The second-order valence-corrected chi connectivity index (χ2v) is 9.52. The monoisotopic (exact) mass is 407 g/mol. The largest absolute Gasteiger partial charge is 0.296 e. The zero-order valence-corrected chi connectivity index (χ0v) is 17.9. The van der Waals surface area contributed by atoms with Crippen LogP contribution in [0.15, 0.2) is 29.3 Å². The molecule has 1 saturated heterocycles. The molecule has 7 heteroatoms. The van der Waals surface area contributed by atoms with E-state index < -0.39 is 10.0 Å². The maximum absolute atomic E-state index is 13.3. The number of nitrogens with zero attached hydrogens (tertiary/aromatic N) is 3. The van der Waals surface area contributed by atoms with Gasteiger partial charge in [0.2, 0.25) is 10.0 Å². The van der Waals surface area contributed by atoms with Gasteiger partial charge in [-0.05, 0) is 61.6 Å². The van der Waals surface area contributed by atoms with Crippen molar-refractivity contribution in [3.05, 3.63) is 57.4 Å². The molecule has 0 aliphatic carbocycles. The van der Waals surface area contributed by atoms with Gasteiger partial charge in [0, 0.05) is 38.9 Å². The van der Waals surface area contributed by atoms with Crippen LogP contribution in [-0.4, -0.2) is 48.8 Å². The average molecular weight is 408 g/mol. The molecule has 0 spiro atoms. The van der Waals surface area contributed by atoms with Crippen molar-refractivity contribution in [3.63, 3.8) is 0 Å². The first kappa shape index (κ1) is 20.3. The zero-order chi connectivity index (χ0) is 19.8. The number of halogens is 1. The van der Waals surface area contributed by atoms with E-state index >= 15 is 0 Å². The first-order valence-corrected chi connectivity index (χ1v) is 10.9. The van der Waals surface area contributed by atoms with Crippen LogP contribution in [0.1, 0.15) is 27.8 Å². The van der Waals surface area contributed by atoms with Crippen LogP contribution in [0.5, 0.6) is 0 Å². The highest BCUT2D eigenvalue weighted by Gasteiger charge is 2.31. The molecule has 1 aromatic carbocycles. The van der Waals surface area contributed by atoms with Crippen molar-refractivity contribution in [2.45, 2.75) is 39.1 Å². The topological polar surface area (TPSA) is 53.5 Å². The van der Waals surface area contributed by atoms with Crippen LogP contribution in [-0.2, 0) is 16.6 Å². The summed E-state index contributed by atoms with van der Waals surface area (Å²) in [6.07, 6.45) is 1.77. The van der Waals surface area contributed by atoms with Gasteiger partial charge in [0.15, 0.2) is 0 Å². The lowest BCUT2D eigenvalue weighted by Gasteiger charge is -2.34. The summed E-state index contributed by atoms with van der Waals surface area (Å²) in [5.74, 6) is 0. The molecule has 1 fully saturated rings. The number of aryl methyl sites for hydroxylation is 2. The highest BCUT2D eigenvalue weighted by Crippen LogP contribution is 2.29. The first-order valence-electron chi connectivity index (χ1n) is 9.10. The smallest absolute Gasteiger partial charge is 0.243 e. The van der Waals surface area contributed by atoms with Gasteiger partial charge in [0.1, 0.15) is 5.15 Å². The highest BCUT2D eigenvalue weighted by atomic mass is 35.5. The fourth-order valence-electron chi connectivity index (χ4n) is 3.58. The third kappa shape index (κ3) is 4.19. The molecule has 0 saturated carbocycles. The molecule has 1 aromatic heterocycles. The van der Waals surface area contributed by atoms with Crippen molar-refractivity contribution in [1.29, 1.82) is 0 Å². The summed E-state index contributed by atoms with van der Waals surface area (Å²) in [7, 11) is -3.49. The predicted molar refractivity (Wildman–Crippen MR) is 109 cm³/mol. The van der Waals surface area contributed by atoms with Crippen LogP contribution in [0.3, 0.4) is 0 Å². The van der Waals surface area contributed by atoms with Crippen molar-refractivity contribution in [2.24, 2.45) is 0 Å². The fraction of sp³-hybridized carbons (Fsp3) is 0.450. The Labute approximate surface area is 167 Å². The van der Waals surface area contributed by atoms with Gasteiger partial charge in [0.25, 0.3) is 0 Å². The molecule has 2 heterocycles. The fourth-order valence-corrected chi connectivity index (χ4v) is 5.69. The summed E-state index contributed by atoms with van der Waals surface area (Å²) >= 11 is 5.83. The summed E-state index contributed by atoms with van der Waals surface area (Å²) < 4.78 is 28.3. The second kappa shape index (κ2) is 7.87. The Balaban J connectivity index is 1.75. The van der Waals surface area contributed by atoms with Crippen LogP contribution in [0.25, 0.3) is 0 Å². The molecule has 1 aliphatic heterocycles. The summed E-state index contributed by atoms with van der Waals surface area (Å²) in [5.41, 5.74) is 4.83. The molecule has 0 atom stereocenters. The van der Waals surface area contributed by atoms with Crippen LogP contribution >= 0.6 is 11.6 Å².